The maximum absolute atomic E-state index is 12.0. The van der Waals surface area contributed by atoms with Gasteiger partial charge in [0, 0.05) is 22.3 Å². The number of hydrogen-bond acceptors (Lipinski definition) is 5. The van der Waals surface area contributed by atoms with Gasteiger partial charge >= 0.3 is 0 Å². The fourth-order valence-corrected chi connectivity index (χ4v) is 4.72. The summed E-state index contributed by atoms with van der Waals surface area (Å²) in [7, 11) is -3.68. The Kier molecular flexibility index (Phi) is 3.88. The van der Waals surface area contributed by atoms with Gasteiger partial charge in [0.05, 0.1) is 4.92 Å². The second kappa shape index (κ2) is 5.27. The van der Waals surface area contributed by atoms with Crippen LogP contribution in [0.3, 0.4) is 0 Å². The van der Waals surface area contributed by atoms with Gasteiger partial charge in [0.25, 0.3) is 15.7 Å². The molecule has 2 rings (SSSR count). The Morgan fingerprint density at radius 3 is 2.32 bits per heavy atom. The van der Waals surface area contributed by atoms with Crippen molar-refractivity contribution in [2.75, 3.05) is 4.72 Å². The summed E-state index contributed by atoms with van der Waals surface area (Å²) in [5.74, 6) is 0. The van der Waals surface area contributed by atoms with Crippen LogP contribution >= 0.6 is 27.3 Å². The van der Waals surface area contributed by atoms with Crippen molar-refractivity contribution in [1.29, 1.82) is 0 Å². The lowest BCUT2D eigenvalue weighted by Gasteiger charge is -2.06. The molecule has 0 unspecified atom stereocenters. The van der Waals surface area contributed by atoms with Crippen LogP contribution in [-0.4, -0.2) is 13.3 Å². The van der Waals surface area contributed by atoms with Crippen molar-refractivity contribution in [3.63, 3.8) is 0 Å². The molecule has 1 aromatic heterocycles. The van der Waals surface area contributed by atoms with E-state index in [1.807, 2.05) is 0 Å². The van der Waals surface area contributed by atoms with Gasteiger partial charge in [0.2, 0.25) is 0 Å². The molecule has 1 aromatic carbocycles. The van der Waals surface area contributed by atoms with E-state index < -0.39 is 14.9 Å². The zero-order chi connectivity index (χ0) is 14.0. The number of halogens is 1. The van der Waals surface area contributed by atoms with E-state index in [4.69, 9.17) is 0 Å². The Balaban J connectivity index is 2.26. The van der Waals surface area contributed by atoms with E-state index in [9.17, 15) is 18.5 Å². The number of benzene rings is 1. The summed E-state index contributed by atoms with van der Waals surface area (Å²) in [6, 6.07) is 6.80. The van der Waals surface area contributed by atoms with E-state index in [2.05, 4.69) is 20.7 Å². The number of nitrogens with zero attached hydrogens (tertiary/aromatic N) is 1. The molecule has 1 N–H and O–H groups in total. The Morgan fingerprint density at radius 2 is 1.84 bits per heavy atom. The first-order valence-corrected chi connectivity index (χ1v) is 8.06. The van der Waals surface area contributed by atoms with Crippen LogP contribution in [0.5, 0.6) is 0 Å². The average Bonchev–Trinajstić information content (AvgIpc) is 2.76. The van der Waals surface area contributed by atoms with Gasteiger partial charge in [-0.25, -0.2) is 8.42 Å². The molecule has 9 heteroatoms. The van der Waals surface area contributed by atoms with Crippen LogP contribution in [0, 0.1) is 10.1 Å². The fourth-order valence-electron chi connectivity index (χ4n) is 1.32. The molecule has 0 atom stereocenters. The van der Waals surface area contributed by atoms with E-state index in [-0.39, 0.29) is 15.6 Å². The largest absolute Gasteiger partial charge is 0.279 e. The Morgan fingerprint density at radius 1 is 1.21 bits per heavy atom. The van der Waals surface area contributed by atoms with Crippen LogP contribution < -0.4 is 4.72 Å². The highest BCUT2D eigenvalue weighted by atomic mass is 79.9. The second-order valence-electron chi connectivity index (χ2n) is 3.47. The van der Waals surface area contributed by atoms with Crippen LogP contribution in [0.1, 0.15) is 0 Å². The smallest absolute Gasteiger partial charge is 0.272 e. The molecule has 0 fully saturated rings. The van der Waals surface area contributed by atoms with Crippen molar-refractivity contribution in [1.82, 2.24) is 0 Å². The molecule has 19 heavy (non-hydrogen) atoms. The Hall–Kier alpha value is -1.45. The van der Waals surface area contributed by atoms with Crippen molar-refractivity contribution in [2.45, 2.75) is 4.21 Å². The van der Waals surface area contributed by atoms with Gasteiger partial charge in [-0.3, -0.25) is 14.8 Å². The zero-order valence-electron chi connectivity index (χ0n) is 9.24. The van der Waals surface area contributed by atoms with Crippen molar-refractivity contribution in [3.8, 4) is 0 Å². The predicted molar refractivity (Wildman–Crippen MR) is 75.9 cm³/mol. The average molecular weight is 363 g/mol. The van der Waals surface area contributed by atoms with Crippen molar-refractivity contribution < 1.29 is 13.3 Å². The standard InChI is InChI=1S/C10H7BrN2O4S2/c11-9-5-6-18-10(9)19(16,17)12-7-1-3-8(4-2-7)13(14)15/h1-6,12H. The van der Waals surface area contributed by atoms with Gasteiger partial charge in [-0.2, -0.15) is 0 Å². The van der Waals surface area contributed by atoms with Crippen molar-refractivity contribution in [3.05, 3.63) is 50.3 Å². The summed E-state index contributed by atoms with van der Waals surface area (Å²) in [6.45, 7) is 0. The zero-order valence-corrected chi connectivity index (χ0v) is 12.5. The van der Waals surface area contributed by atoms with Gasteiger partial charge in [-0.1, -0.05) is 0 Å². The highest BCUT2D eigenvalue weighted by Crippen LogP contribution is 2.29. The lowest BCUT2D eigenvalue weighted by atomic mass is 10.3. The highest BCUT2D eigenvalue weighted by molar-refractivity contribution is 9.10. The summed E-state index contributed by atoms with van der Waals surface area (Å²) in [4.78, 5) is 9.94. The molecule has 0 aliphatic carbocycles. The minimum Gasteiger partial charge on any atom is -0.279 e. The van der Waals surface area contributed by atoms with E-state index in [0.29, 0.717) is 4.47 Å². The lowest BCUT2D eigenvalue weighted by molar-refractivity contribution is -0.384. The number of anilines is 1. The van der Waals surface area contributed by atoms with Gasteiger partial charge in [0.1, 0.15) is 0 Å². The quantitative estimate of drug-likeness (QED) is 0.667. The molecule has 0 saturated carbocycles. The minimum atomic E-state index is -3.68. The monoisotopic (exact) mass is 362 g/mol. The topological polar surface area (TPSA) is 89.3 Å². The molecule has 2 aromatic rings. The summed E-state index contributed by atoms with van der Waals surface area (Å²) < 4.78 is 27.1. The number of sulfonamides is 1. The number of rotatable bonds is 4. The number of nitro benzene ring substituents is 1. The third-order valence-electron chi connectivity index (χ3n) is 2.16. The molecule has 1 heterocycles. The number of non-ortho nitro benzene ring substituents is 1. The van der Waals surface area contributed by atoms with Crippen LogP contribution in [0.4, 0.5) is 11.4 Å². The number of thiophene rings is 1. The van der Waals surface area contributed by atoms with E-state index in [0.717, 1.165) is 11.3 Å². The SMILES string of the molecule is O=[N+]([O-])c1ccc(NS(=O)(=O)c2sccc2Br)cc1. The number of nitrogens with one attached hydrogen (secondary N) is 1. The molecular weight excluding hydrogens is 356 g/mol. The van der Waals surface area contributed by atoms with Gasteiger partial charge in [-0.15, -0.1) is 11.3 Å². The fraction of sp³-hybridized carbons (Fsp3) is 0. The lowest BCUT2D eigenvalue weighted by Crippen LogP contribution is -2.11. The van der Waals surface area contributed by atoms with Gasteiger partial charge < -0.3 is 0 Å². The predicted octanol–water partition coefficient (Wildman–Crippen LogP) is 3.22. The summed E-state index contributed by atoms with van der Waals surface area (Å²) in [5.41, 5.74) is 0.172. The van der Waals surface area contributed by atoms with E-state index in [1.54, 1.807) is 11.4 Å². The molecule has 0 amide bonds. The summed E-state index contributed by atoms with van der Waals surface area (Å²) in [5, 5.41) is 12.1. The maximum Gasteiger partial charge on any atom is 0.272 e. The molecule has 6 nitrogen and oxygen atoms in total. The van der Waals surface area contributed by atoms with Crippen LogP contribution in [0.2, 0.25) is 0 Å². The second-order valence-corrected chi connectivity index (χ2v) is 7.11. The van der Waals surface area contributed by atoms with Crippen LogP contribution in [0.25, 0.3) is 0 Å². The molecule has 0 spiro atoms. The van der Waals surface area contributed by atoms with Crippen molar-refractivity contribution in [2.24, 2.45) is 0 Å². The molecule has 0 aliphatic rings. The maximum atomic E-state index is 12.0. The summed E-state index contributed by atoms with van der Waals surface area (Å²) in [6.07, 6.45) is 0. The number of nitro groups is 1. The van der Waals surface area contributed by atoms with Crippen molar-refractivity contribution >= 4 is 48.7 Å². The minimum absolute atomic E-state index is 0.0970. The normalized spacial score (nSPS) is 11.2. The van der Waals surface area contributed by atoms with Gasteiger partial charge in [0.15, 0.2) is 4.21 Å². The number of hydrogen-bond donors (Lipinski definition) is 1. The molecular formula is C10H7BrN2O4S2. The first-order valence-electron chi connectivity index (χ1n) is 4.90. The Labute approximate surface area is 121 Å². The molecule has 100 valence electrons. The highest BCUT2D eigenvalue weighted by Gasteiger charge is 2.19. The third-order valence-corrected chi connectivity index (χ3v) is 6.21. The third kappa shape index (κ3) is 3.11. The molecule has 0 aliphatic heterocycles. The Bertz CT molecular complexity index is 709. The molecule has 0 radical (unpaired) electrons. The van der Waals surface area contributed by atoms with Crippen LogP contribution in [-0.2, 0) is 10.0 Å². The first-order chi connectivity index (χ1) is 8.90. The molecule has 0 saturated heterocycles. The van der Waals surface area contributed by atoms with Crippen LogP contribution in [0.15, 0.2) is 44.4 Å². The van der Waals surface area contributed by atoms with Gasteiger partial charge in [-0.05, 0) is 39.5 Å². The van der Waals surface area contributed by atoms with E-state index >= 15 is 0 Å². The van der Waals surface area contributed by atoms with E-state index in [1.165, 1.54) is 24.3 Å². The summed E-state index contributed by atoms with van der Waals surface area (Å²) >= 11 is 4.23. The molecule has 0 bridgehead atoms. The first kappa shape index (κ1) is 14.0.